The summed E-state index contributed by atoms with van der Waals surface area (Å²) in [6, 6.07) is 0. The van der Waals surface area contributed by atoms with Gasteiger partial charge in [-0.2, -0.15) is 13.2 Å². The number of hydrogen-bond donors (Lipinski definition) is 0. The minimum atomic E-state index is -4.14. The highest BCUT2D eigenvalue weighted by molar-refractivity contribution is 5.80. The maximum absolute atomic E-state index is 11.6. The summed E-state index contributed by atoms with van der Waals surface area (Å²) < 4.78 is 34.9. The number of rotatable bonds is 5. The summed E-state index contributed by atoms with van der Waals surface area (Å²) in [6.07, 6.45) is -5.10. The Hall–Kier alpha value is -0.580. The highest BCUT2D eigenvalue weighted by Crippen LogP contribution is 2.22. The lowest BCUT2D eigenvalue weighted by Gasteiger charge is -2.08. The van der Waals surface area contributed by atoms with Crippen LogP contribution in [0.25, 0.3) is 0 Å². The van der Waals surface area contributed by atoms with Crippen molar-refractivity contribution in [2.45, 2.75) is 25.4 Å². The van der Waals surface area contributed by atoms with Crippen LogP contribution in [0.4, 0.5) is 13.2 Å². The van der Waals surface area contributed by atoms with Crippen molar-refractivity contribution in [2.75, 3.05) is 20.6 Å². The van der Waals surface area contributed by atoms with Crippen LogP contribution in [-0.2, 0) is 4.79 Å². The summed E-state index contributed by atoms with van der Waals surface area (Å²) >= 11 is 0. The molecule has 0 aromatic rings. The number of ketones is 1. The zero-order valence-electron chi connectivity index (χ0n) is 7.82. The van der Waals surface area contributed by atoms with Crippen LogP contribution in [0.3, 0.4) is 0 Å². The van der Waals surface area contributed by atoms with Crippen molar-refractivity contribution < 1.29 is 18.0 Å². The first-order valence-corrected chi connectivity index (χ1v) is 4.04. The van der Waals surface area contributed by atoms with E-state index in [4.69, 9.17) is 0 Å². The smallest absolute Gasteiger partial charge is 0.302 e. The molecule has 0 aromatic heterocycles. The van der Waals surface area contributed by atoms with E-state index in [1.807, 2.05) is 0 Å². The number of nitrogens with zero attached hydrogens (tertiary/aromatic N) is 1. The summed E-state index contributed by atoms with van der Waals surface area (Å²) in [5, 5.41) is 0. The second kappa shape index (κ2) is 5.21. The molecule has 0 unspecified atom stereocenters. The number of halogens is 3. The number of alkyl halides is 3. The number of Topliss-reactive ketones (excluding diaryl/α,β-unsaturated/α-hetero) is 1. The second-order valence-corrected chi connectivity index (χ2v) is 3.25. The van der Waals surface area contributed by atoms with Gasteiger partial charge in [0, 0.05) is 12.8 Å². The van der Waals surface area contributed by atoms with Crippen LogP contribution in [0.15, 0.2) is 0 Å². The Morgan fingerprint density at radius 1 is 1.31 bits per heavy atom. The topological polar surface area (TPSA) is 20.3 Å². The molecule has 0 aliphatic rings. The van der Waals surface area contributed by atoms with Gasteiger partial charge in [-0.15, -0.1) is 0 Å². The highest BCUT2D eigenvalue weighted by atomic mass is 19.4. The lowest BCUT2D eigenvalue weighted by molar-refractivity contribution is -0.137. The largest absolute Gasteiger partial charge is 0.389 e. The number of carbonyl (C=O) groups excluding carboxylic acids is 1. The first kappa shape index (κ1) is 12.4. The van der Waals surface area contributed by atoms with Gasteiger partial charge in [-0.25, -0.2) is 0 Å². The summed E-state index contributed by atoms with van der Waals surface area (Å²) in [7, 11) is 3.42. The van der Waals surface area contributed by atoms with Crippen LogP contribution in [0, 0.1) is 0 Å². The van der Waals surface area contributed by atoms with E-state index in [0.717, 1.165) is 0 Å². The molecule has 0 bridgehead atoms. The van der Waals surface area contributed by atoms with Gasteiger partial charge < -0.3 is 4.90 Å². The van der Waals surface area contributed by atoms with Crippen LogP contribution in [0.1, 0.15) is 19.3 Å². The Morgan fingerprint density at radius 3 is 2.23 bits per heavy atom. The second-order valence-electron chi connectivity index (χ2n) is 3.25. The van der Waals surface area contributed by atoms with Crippen molar-refractivity contribution in [2.24, 2.45) is 0 Å². The summed E-state index contributed by atoms with van der Waals surface area (Å²) in [5.74, 6) is -0.144. The van der Waals surface area contributed by atoms with Gasteiger partial charge in [0.25, 0.3) is 0 Å². The molecule has 0 N–H and O–H groups in total. The predicted octanol–water partition coefficient (Wildman–Crippen LogP) is 1.85. The van der Waals surface area contributed by atoms with Crippen molar-refractivity contribution in [3.63, 3.8) is 0 Å². The summed E-state index contributed by atoms with van der Waals surface area (Å²) in [5.41, 5.74) is 0. The van der Waals surface area contributed by atoms with Gasteiger partial charge in [-0.1, -0.05) is 0 Å². The molecule has 0 saturated carbocycles. The zero-order valence-corrected chi connectivity index (χ0v) is 7.82. The SMILES string of the molecule is CN(C)CC(=O)CCCC(F)(F)F. The predicted molar refractivity (Wildman–Crippen MR) is 43.5 cm³/mol. The van der Waals surface area contributed by atoms with Gasteiger partial charge in [-0.05, 0) is 20.5 Å². The van der Waals surface area contributed by atoms with Crippen molar-refractivity contribution in [3.05, 3.63) is 0 Å². The molecule has 13 heavy (non-hydrogen) atoms. The first-order chi connectivity index (χ1) is 5.81. The lowest BCUT2D eigenvalue weighted by atomic mass is 10.1. The number of carbonyl (C=O) groups is 1. The minimum absolute atomic E-state index is 0.0116. The average Bonchev–Trinajstić information content (AvgIpc) is 1.81. The molecular weight excluding hydrogens is 183 g/mol. The van der Waals surface area contributed by atoms with Crippen molar-refractivity contribution in [1.29, 1.82) is 0 Å². The van der Waals surface area contributed by atoms with Crippen LogP contribution in [-0.4, -0.2) is 37.5 Å². The zero-order chi connectivity index (χ0) is 10.5. The van der Waals surface area contributed by atoms with E-state index >= 15 is 0 Å². The molecular formula is C8H14F3NO. The molecule has 0 atom stereocenters. The molecule has 0 aliphatic heterocycles. The molecule has 0 aromatic carbocycles. The first-order valence-electron chi connectivity index (χ1n) is 4.04. The standard InChI is InChI=1S/C8H14F3NO/c1-12(2)6-7(13)4-3-5-8(9,10)11/h3-6H2,1-2H3. The van der Waals surface area contributed by atoms with Gasteiger partial charge in [0.05, 0.1) is 6.54 Å². The van der Waals surface area contributed by atoms with E-state index < -0.39 is 12.6 Å². The quantitative estimate of drug-likeness (QED) is 0.670. The van der Waals surface area contributed by atoms with E-state index in [9.17, 15) is 18.0 Å². The molecule has 0 radical (unpaired) electrons. The molecule has 0 heterocycles. The Morgan fingerprint density at radius 2 is 1.85 bits per heavy atom. The minimum Gasteiger partial charge on any atom is -0.302 e. The van der Waals surface area contributed by atoms with E-state index in [1.165, 1.54) is 0 Å². The van der Waals surface area contributed by atoms with Crippen LogP contribution in [0.5, 0.6) is 0 Å². The molecule has 78 valence electrons. The van der Waals surface area contributed by atoms with Crippen molar-refractivity contribution in [1.82, 2.24) is 4.90 Å². The molecule has 0 amide bonds. The Balaban J connectivity index is 3.49. The van der Waals surface area contributed by atoms with Crippen molar-refractivity contribution in [3.8, 4) is 0 Å². The summed E-state index contributed by atoms with van der Waals surface area (Å²) in [4.78, 5) is 12.6. The van der Waals surface area contributed by atoms with Gasteiger partial charge in [0.2, 0.25) is 0 Å². The maximum atomic E-state index is 11.6. The van der Waals surface area contributed by atoms with Gasteiger partial charge in [0.1, 0.15) is 5.78 Å². The van der Waals surface area contributed by atoms with E-state index in [1.54, 1.807) is 19.0 Å². The third-order valence-corrected chi connectivity index (χ3v) is 1.41. The number of likely N-dealkylation sites (N-methyl/N-ethyl adjacent to an activating group) is 1. The Kier molecular flexibility index (Phi) is 4.98. The van der Waals surface area contributed by atoms with Gasteiger partial charge >= 0.3 is 6.18 Å². The number of hydrogen-bond acceptors (Lipinski definition) is 2. The molecule has 2 nitrogen and oxygen atoms in total. The lowest BCUT2D eigenvalue weighted by Crippen LogP contribution is -2.21. The van der Waals surface area contributed by atoms with E-state index in [0.29, 0.717) is 0 Å². The molecule has 0 spiro atoms. The highest BCUT2D eigenvalue weighted by Gasteiger charge is 2.26. The van der Waals surface area contributed by atoms with Crippen molar-refractivity contribution >= 4 is 5.78 Å². The monoisotopic (exact) mass is 197 g/mol. The van der Waals surface area contributed by atoms with Gasteiger partial charge in [-0.3, -0.25) is 4.79 Å². The average molecular weight is 197 g/mol. The van der Waals surface area contributed by atoms with Crippen LogP contribution < -0.4 is 0 Å². The van der Waals surface area contributed by atoms with Crippen LogP contribution >= 0.6 is 0 Å². The van der Waals surface area contributed by atoms with Gasteiger partial charge in [0.15, 0.2) is 0 Å². The molecule has 0 fully saturated rings. The Bertz CT molecular complexity index is 165. The molecule has 0 saturated heterocycles. The normalized spacial score (nSPS) is 12.2. The molecule has 0 aliphatic carbocycles. The third-order valence-electron chi connectivity index (χ3n) is 1.41. The third kappa shape index (κ3) is 9.33. The fourth-order valence-corrected chi connectivity index (χ4v) is 0.918. The maximum Gasteiger partial charge on any atom is 0.389 e. The molecule has 0 rings (SSSR count). The summed E-state index contributed by atoms with van der Waals surface area (Å²) in [6.45, 7) is 0.220. The van der Waals surface area contributed by atoms with E-state index in [2.05, 4.69) is 0 Å². The van der Waals surface area contributed by atoms with Crippen LogP contribution in [0.2, 0.25) is 0 Å². The fourth-order valence-electron chi connectivity index (χ4n) is 0.918. The molecule has 5 heteroatoms. The Labute approximate surface area is 75.7 Å². The van der Waals surface area contributed by atoms with E-state index in [-0.39, 0.29) is 25.2 Å². The fraction of sp³-hybridized carbons (Fsp3) is 0.875.